The van der Waals surface area contributed by atoms with Gasteiger partial charge in [0, 0.05) is 5.56 Å². The van der Waals surface area contributed by atoms with E-state index in [1.54, 1.807) is 6.92 Å². The van der Waals surface area contributed by atoms with Crippen molar-refractivity contribution in [1.29, 1.82) is 0 Å². The maximum atomic E-state index is 11.9. The molecule has 114 valence electrons. The zero-order valence-electron chi connectivity index (χ0n) is 11.7. The Morgan fingerprint density at radius 2 is 2.00 bits per heavy atom. The van der Waals surface area contributed by atoms with E-state index in [1.807, 2.05) is 0 Å². The summed E-state index contributed by atoms with van der Waals surface area (Å²) >= 11 is 0. The van der Waals surface area contributed by atoms with E-state index in [9.17, 15) is 14.4 Å². The van der Waals surface area contributed by atoms with Crippen molar-refractivity contribution in [3.63, 3.8) is 0 Å². The molecule has 0 bridgehead atoms. The predicted molar refractivity (Wildman–Crippen MR) is 74.8 cm³/mol. The molecule has 0 fully saturated rings. The summed E-state index contributed by atoms with van der Waals surface area (Å²) in [6.45, 7) is 1.71. The van der Waals surface area contributed by atoms with Crippen LogP contribution in [0.25, 0.3) is 0 Å². The van der Waals surface area contributed by atoms with E-state index in [0.717, 1.165) is 0 Å². The van der Waals surface area contributed by atoms with Crippen LogP contribution in [0.5, 0.6) is 5.75 Å². The molecule has 0 spiro atoms. The first kappa shape index (κ1) is 16.4. The van der Waals surface area contributed by atoms with Crippen LogP contribution in [0.3, 0.4) is 0 Å². The van der Waals surface area contributed by atoms with Crippen LogP contribution in [0.2, 0.25) is 0 Å². The topological polar surface area (TPSA) is 134 Å². The summed E-state index contributed by atoms with van der Waals surface area (Å²) in [5.74, 6) is -2.00. The van der Waals surface area contributed by atoms with Crippen molar-refractivity contribution in [1.82, 2.24) is 0 Å². The smallest absolute Gasteiger partial charge is 0.332 e. The van der Waals surface area contributed by atoms with E-state index in [4.69, 9.17) is 16.2 Å². The Morgan fingerprint density at radius 3 is 2.52 bits per heavy atom. The number of hydrogen-bond donors (Lipinski definition) is 3. The van der Waals surface area contributed by atoms with Gasteiger partial charge in [-0.05, 0) is 25.1 Å². The minimum Gasteiger partial charge on any atom is -0.495 e. The van der Waals surface area contributed by atoms with E-state index in [2.05, 4.69) is 10.1 Å². The number of esters is 1. The summed E-state index contributed by atoms with van der Waals surface area (Å²) in [6, 6.07) is 2.76. The Labute approximate surface area is 121 Å². The quantitative estimate of drug-likeness (QED) is 0.484. The molecule has 0 radical (unpaired) electrons. The molecule has 1 aromatic carbocycles. The molecule has 2 amide bonds. The van der Waals surface area contributed by atoms with Crippen LogP contribution >= 0.6 is 0 Å². The number of amides is 2. The van der Waals surface area contributed by atoms with E-state index < -0.39 is 23.8 Å². The maximum Gasteiger partial charge on any atom is 0.332 e. The number of nitrogens with one attached hydrogen (secondary N) is 1. The van der Waals surface area contributed by atoms with Crippen molar-refractivity contribution in [2.45, 2.75) is 13.0 Å². The summed E-state index contributed by atoms with van der Waals surface area (Å²) in [7, 11) is 1.39. The van der Waals surface area contributed by atoms with Crippen molar-refractivity contribution in [2.75, 3.05) is 19.0 Å². The highest BCUT2D eigenvalue weighted by atomic mass is 16.5. The molecule has 1 atom stereocenters. The van der Waals surface area contributed by atoms with Crippen molar-refractivity contribution >= 4 is 23.5 Å². The lowest BCUT2D eigenvalue weighted by atomic mass is 10.1. The molecule has 0 saturated heterocycles. The third kappa shape index (κ3) is 4.18. The lowest BCUT2D eigenvalue weighted by molar-refractivity contribution is -0.146. The third-order valence-electron chi connectivity index (χ3n) is 2.56. The van der Waals surface area contributed by atoms with Crippen molar-refractivity contribution in [3.8, 4) is 5.75 Å². The van der Waals surface area contributed by atoms with Gasteiger partial charge in [0.2, 0.25) is 5.91 Å². The van der Waals surface area contributed by atoms with Crippen LogP contribution in [0.4, 0.5) is 5.69 Å². The number of carbonyl (C=O) groups excluding carboxylic acids is 3. The van der Waals surface area contributed by atoms with Gasteiger partial charge in [-0.15, -0.1) is 0 Å². The van der Waals surface area contributed by atoms with Crippen molar-refractivity contribution in [2.24, 2.45) is 11.5 Å². The molecule has 5 N–H and O–H groups in total. The monoisotopic (exact) mass is 295 g/mol. The molecule has 1 unspecified atom stereocenters. The van der Waals surface area contributed by atoms with Gasteiger partial charge in [-0.1, -0.05) is 0 Å². The van der Waals surface area contributed by atoms with E-state index in [1.165, 1.54) is 25.3 Å². The first-order valence-electron chi connectivity index (χ1n) is 6.11. The van der Waals surface area contributed by atoms with Crippen molar-refractivity contribution in [3.05, 3.63) is 23.8 Å². The molecule has 0 aromatic heterocycles. The summed E-state index contributed by atoms with van der Waals surface area (Å²) in [5.41, 5.74) is 11.0. The molecule has 0 aliphatic heterocycles. The first-order chi connectivity index (χ1) is 9.90. The molecule has 1 aromatic rings. The average molecular weight is 295 g/mol. The van der Waals surface area contributed by atoms with Gasteiger partial charge in [0.15, 0.2) is 6.04 Å². The number of methoxy groups -OCH3 is 1. The second-order valence-electron chi connectivity index (χ2n) is 4.00. The first-order valence-corrected chi connectivity index (χ1v) is 6.11. The second-order valence-corrected chi connectivity index (χ2v) is 4.00. The maximum absolute atomic E-state index is 11.9. The largest absolute Gasteiger partial charge is 0.495 e. The molecule has 0 heterocycles. The average Bonchev–Trinajstić information content (AvgIpc) is 2.46. The van der Waals surface area contributed by atoms with Gasteiger partial charge in [0.05, 0.1) is 19.4 Å². The zero-order chi connectivity index (χ0) is 16.0. The molecule has 8 nitrogen and oxygen atoms in total. The van der Waals surface area contributed by atoms with E-state index >= 15 is 0 Å². The minimum atomic E-state index is -1.48. The molecule has 0 aliphatic carbocycles. The highest BCUT2D eigenvalue weighted by Gasteiger charge is 2.24. The second kappa shape index (κ2) is 7.25. The fourth-order valence-electron chi connectivity index (χ4n) is 1.51. The molecule has 0 saturated carbocycles. The van der Waals surface area contributed by atoms with Crippen LogP contribution in [0.15, 0.2) is 18.2 Å². The Morgan fingerprint density at radius 1 is 1.33 bits per heavy atom. The molecule has 1 rings (SSSR count). The van der Waals surface area contributed by atoms with Gasteiger partial charge in [-0.2, -0.15) is 0 Å². The molecule has 0 aliphatic rings. The lowest BCUT2D eigenvalue weighted by Gasteiger charge is -2.14. The Balaban J connectivity index is 2.95. The molecular weight excluding hydrogens is 278 g/mol. The minimum absolute atomic E-state index is 0.111. The lowest BCUT2D eigenvalue weighted by Crippen LogP contribution is -2.43. The van der Waals surface area contributed by atoms with Crippen LogP contribution in [-0.2, 0) is 14.3 Å². The van der Waals surface area contributed by atoms with Gasteiger partial charge in [-0.25, -0.2) is 4.79 Å². The molecular formula is C13H17N3O5. The van der Waals surface area contributed by atoms with Gasteiger partial charge in [0.25, 0.3) is 5.91 Å². The number of hydrogen-bond acceptors (Lipinski definition) is 6. The summed E-state index contributed by atoms with van der Waals surface area (Å²) < 4.78 is 9.70. The fourth-order valence-corrected chi connectivity index (χ4v) is 1.51. The zero-order valence-corrected chi connectivity index (χ0v) is 11.7. The van der Waals surface area contributed by atoms with Gasteiger partial charge in [0.1, 0.15) is 5.75 Å². The summed E-state index contributed by atoms with van der Waals surface area (Å²) in [6.07, 6.45) is 0. The standard InChI is InChI=1S/C13H17N3O5/c1-3-21-13(19)10(14)12(18)16-8-6-7(11(15)17)4-5-9(8)20-2/h4-6,10H,3,14H2,1-2H3,(H2,15,17)(H,16,18). The third-order valence-corrected chi connectivity index (χ3v) is 2.56. The highest BCUT2D eigenvalue weighted by Crippen LogP contribution is 2.25. The predicted octanol–water partition coefficient (Wildman–Crippen LogP) is -0.377. The number of rotatable bonds is 6. The van der Waals surface area contributed by atoms with Crippen LogP contribution < -0.4 is 21.5 Å². The van der Waals surface area contributed by atoms with E-state index in [-0.39, 0.29) is 17.9 Å². The Hall–Kier alpha value is -2.61. The Bertz CT molecular complexity index is 559. The Kier molecular flexibility index (Phi) is 5.67. The SMILES string of the molecule is CCOC(=O)C(N)C(=O)Nc1cc(C(N)=O)ccc1OC. The molecule has 8 heteroatoms. The van der Waals surface area contributed by atoms with Gasteiger partial charge in [-0.3, -0.25) is 9.59 Å². The van der Waals surface area contributed by atoms with Crippen LogP contribution in [0.1, 0.15) is 17.3 Å². The number of carbonyl (C=O) groups is 3. The van der Waals surface area contributed by atoms with Gasteiger partial charge < -0.3 is 26.3 Å². The van der Waals surface area contributed by atoms with E-state index in [0.29, 0.717) is 5.75 Å². The summed E-state index contributed by atoms with van der Waals surface area (Å²) in [5, 5.41) is 2.40. The number of anilines is 1. The normalized spacial score (nSPS) is 11.4. The van der Waals surface area contributed by atoms with Crippen LogP contribution in [0, 0.1) is 0 Å². The number of primary amides is 1. The highest BCUT2D eigenvalue weighted by molar-refractivity contribution is 6.09. The summed E-state index contributed by atoms with van der Waals surface area (Å²) in [4.78, 5) is 34.4. The van der Waals surface area contributed by atoms with Gasteiger partial charge >= 0.3 is 5.97 Å². The number of nitrogens with two attached hydrogens (primary N) is 2. The molecule has 21 heavy (non-hydrogen) atoms. The fraction of sp³-hybridized carbons (Fsp3) is 0.308. The van der Waals surface area contributed by atoms with Crippen molar-refractivity contribution < 1.29 is 23.9 Å². The van der Waals surface area contributed by atoms with Crippen LogP contribution in [-0.4, -0.2) is 37.5 Å². The number of ether oxygens (including phenoxy) is 2. The number of benzene rings is 1.